The topological polar surface area (TPSA) is 59.1 Å². The molecule has 1 saturated heterocycles. The fourth-order valence-electron chi connectivity index (χ4n) is 4.36. The first-order valence-corrected chi connectivity index (χ1v) is 14.3. The van der Waals surface area contributed by atoms with E-state index < -0.39 is 11.8 Å². The Morgan fingerprint density at radius 3 is 2.00 bits per heavy atom. The first-order chi connectivity index (χ1) is 19.9. The third-order valence-corrected chi connectivity index (χ3v) is 7.38. The fraction of sp³-hybridized carbons (Fsp3) is 0.0938. The Bertz CT molecular complexity index is 1580. The number of hydrogen-bond donors (Lipinski definition) is 0. The molecule has 4 aromatic rings. The average molecular weight is 648 g/mol. The van der Waals surface area contributed by atoms with Gasteiger partial charge < -0.3 is 9.47 Å². The van der Waals surface area contributed by atoms with Gasteiger partial charge >= 0.3 is 0 Å². The summed E-state index contributed by atoms with van der Waals surface area (Å²) >= 11 is 15.4. The van der Waals surface area contributed by atoms with E-state index in [2.05, 4.69) is 15.9 Å². The van der Waals surface area contributed by atoms with Crippen molar-refractivity contribution < 1.29 is 19.1 Å². The van der Waals surface area contributed by atoms with Crippen LogP contribution < -0.4 is 19.3 Å². The van der Waals surface area contributed by atoms with Crippen molar-refractivity contribution in [3.05, 3.63) is 123 Å². The standard InChI is InChI=1S/C32H24BrClN2O4S/c1-2-39-28-19-22(18-27(33)29(28)40-20-21-10-9-11-23(34)16-21)17-26-30(37)35(24-12-5-3-6-13-24)32(41)36(31(26)38)25-14-7-4-8-15-25/h3-19H,2,20H2,1H3. The molecule has 4 aromatic carbocycles. The molecule has 0 saturated carbocycles. The van der Waals surface area contributed by atoms with Gasteiger partial charge in [0.2, 0.25) is 0 Å². The van der Waals surface area contributed by atoms with Crippen molar-refractivity contribution in [2.45, 2.75) is 13.5 Å². The molecule has 0 bridgehead atoms. The van der Waals surface area contributed by atoms with Crippen LogP contribution >= 0.6 is 39.7 Å². The van der Waals surface area contributed by atoms with Crippen LogP contribution in [0.3, 0.4) is 0 Å². The summed E-state index contributed by atoms with van der Waals surface area (Å²) in [5.41, 5.74) is 2.54. The second-order valence-electron chi connectivity index (χ2n) is 8.97. The molecule has 1 heterocycles. The molecule has 41 heavy (non-hydrogen) atoms. The number of para-hydroxylation sites is 2. The lowest BCUT2D eigenvalue weighted by Crippen LogP contribution is -2.56. The molecule has 6 nitrogen and oxygen atoms in total. The van der Waals surface area contributed by atoms with E-state index in [1.807, 2.05) is 61.5 Å². The Balaban J connectivity index is 1.55. The number of carbonyl (C=O) groups excluding carboxylic acids is 2. The Morgan fingerprint density at radius 2 is 1.44 bits per heavy atom. The molecular formula is C32H24BrClN2O4S. The lowest BCUT2D eigenvalue weighted by atomic mass is 10.0. The lowest BCUT2D eigenvalue weighted by Gasteiger charge is -2.36. The van der Waals surface area contributed by atoms with E-state index in [9.17, 15) is 9.59 Å². The number of halogens is 2. The van der Waals surface area contributed by atoms with Crippen molar-refractivity contribution in [3.63, 3.8) is 0 Å². The number of ether oxygens (including phenoxy) is 2. The lowest BCUT2D eigenvalue weighted by molar-refractivity contribution is -0.120. The molecule has 0 aliphatic carbocycles. The minimum atomic E-state index is -0.520. The Kier molecular flexibility index (Phi) is 8.83. The summed E-state index contributed by atoms with van der Waals surface area (Å²) in [5.74, 6) is -0.0856. The molecule has 5 rings (SSSR count). The fourth-order valence-corrected chi connectivity index (χ4v) is 5.53. The van der Waals surface area contributed by atoms with Crippen molar-refractivity contribution in [1.29, 1.82) is 0 Å². The molecule has 0 unspecified atom stereocenters. The molecule has 1 aliphatic rings. The SMILES string of the molecule is CCOc1cc(C=C2C(=O)N(c3ccccc3)C(=S)N(c3ccccc3)C2=O)cc(Br)c1OCc1cccc(Cl)c1. The smallest absolute Gasteiger partial charge is 0.270 e. The highest BCUT2D eigenvalue weighted by molar-refractivity contribution is 9.10. The largest absolute Gasteiger partial charge is 0.490 e. The number of benzene rings is 4. The van der Waals surface area contributed by atoms with Crippen LogP contribution in [-0.4, -0.2) is 23.5 Å². The van der Waals surface area contributed by atoms with Gasteiger partial charge in [-0.05, 0) is 101 Å². The van der Waals surface area contributed by atoms with Gasteiger partial charge in [0.1, 0.15) is 12.2 Å². The average Bonchev–Trinajstić information content (AvgIpc) is 2.96. The van der Waals surface area contributed by atoms with Crippen LogP contribution in [0.1, 0.15) is 18.1 Å². The maximum Gasteiger partial charge on any atom is 0.270 e. The summed E-state index contributed by atoms with van der Waals surface area (Å²) in [6.07, 6.45) is 1.55. The number of carbonyl (C=O) groups is 2. The summed E-state index contributed by atoms with van der Waals surface area (Å²) in [7, 11) is 0. The molecule has 1 fully saturated rings. The van der Waals surface area contributed by atoms with Gasteiger partial charge in [-0.2, -0.15) is 0 Å². The molecule has 0 aromatic heterocycles. The third-order valence-electron chi connectivity index (χ3n) is 6.19. The highest BCUT2D eigenvalue weighted by Crippen LogP contribution is 2.39. The first kappa shape index (κ1) is 28.5. The van der Waals surface area contributed by atoms with Crippen LogP contribution in [0.4, 0.5) is 11.4 Å². The number of amides is 2. The van der Waals surface area contributed by atoms with Gasteiger partial charge in [0, 0.05) is 5.02 Å². The van der Waals surface area contributed by atoms with E-state index in [0.29, 0.717) is 44.5 Å². The van der Waals surface area contributed by atoms with E-state index in [1.54, 1.807) is 48.5 Å². The number of anilines is 2. The highest BCUT2D eigenvalue weighted by Gasteiger charge is 2.41. The number of rotatable bonds is 8. The van der Waals surface area contributed by atoms with Gasteiger partial charge in [-0.25, -0.2) is 0 Å². The Labute approximate surface area is 256 Å². The van der Waals surface area contributed by atoms with Crippen LogP contribution in [0.5, 0.6) is 11.5 Å². The van der Waals surface area contributed by atoms with Crippen LogP contribution in [0.25, 0.3) is 6.08 Å². The van der Waals surface area contributed by atoms with E-state index in [1.165, 1.54) is 9.80 Å². The molecule has 0 radical (unpaired) electrons. The van der Waals surface area contributed by atoms with Gasteiger partial charge in [0.25, 0.3) is 11.8 Å². The minimum Gasteiger partial charge on any atom is -0.490 e. The molecule has 0 atom stereocenters. The maximum absolute atomic E-state index is 13.8. The van der Waals surface area contributed by atoms with Crippen LogP contribution in [-0.2, 0) is 16.2 Å². The predicted molar refractivity (Wildman–Crippen MR) is 170 cm³/mol. The van der Waals surface area contributed by atoms with Gasteiger partial charge in [0.05, 0.1) is 22.5 Å². The molecule has 0 N–H and O–H groups in total. The Hall–Kier alpha value is -3.98. The zero-order valence-corrected chi connectivity index (χ0v) is 25.1. The second-order valence-corrected chi connectivity index (χ2v) is 10.6. The van der Waals surface area contributed by atoms with Crippen LogP contribution in [0.2, 0.25) is 5.02 Å². The van der Waals surface area contributed by atoms with Crippen molar-refractivity contribution in [2.24, 2.45) is 0 Å². The third kappa shape index (κ3) is 6.20. The predicted octanol–water partition coefficient (Wildman–Crippen LogP) is 7.83. The quantitative estimate of drug-likeness (QED) is 0.111. The van der Waals surface area contributed by atoms with Crippen molar-refractivity contribution in [1.82, 2.24) is 0 Å². The van der Waals surface area contributed by atoms with E-state index in [0.717, 1.165) is 5.56 Å². The summed E-state index contributed by atoms with van der Waals surface area (Å²) in [5, 5.41) is 0.697. The van der Waals surface area contributed by atoms with E-state index in [4.69, 9.17) is 33.3 Å². The van der Waals surface area contributed by atoms with Crippen molar-refractivity contribution in [3.8, 4) is 11.5 Å². The number of nitrogens with zero attached hydrogens (tertiary/aromatic N) is 2. The maximum atomic E-state index is 13.8. The van der Waals surface area contributed by atoms with Crippen molar-refractivity contribution in [2.75, 3.05) is 16.4 Å². The van der Waals surface area contributed by atoms with Crippen LogP contribution in [0, 0.1) is 0 Å². The summed E-state index contributed by atoms with van der Waals surface area (Å²) in [6, 6.07) is 29.0. The number of hydrogen-bond acceptors (Lipinski definition) is 5. The van der Waals surface area contributed by atoms with Crippen LogP contribution in [0.15, 0.2) is 107 Å². The molecule has 206 valence electrons. The summed E-state index contributed by atoms with van der Waals surface area (Å²) in [6.45, 7) is 2.52. The minimum absolute atomic E-state index is 0.0479. The number of thiocarbonyl (C=S) groups is 1. The van der Waals surface area contributed by atoms with E-state index >= 15 is 0 Å². The Morgan fingerprint density at radius 1 is 0.829 bits per heavy atom. The zero-order chi connectivity index (χ0) is 28.9. The highest BCUT2D eigenvalue weighted by atomic mass is 79.9. The monoisotopic (exact) mass is 646 g/mol. The van der Waals surface area contributed by atoms with Gasteiger partial charge in [-0.1, -0.05) is 60.1 Å². The molecule has 2 amide bonds. The summed E-state index contributed by atoms with van der Waals surface area (Å²) < 4.78 is 12.6. The van der Waals surface area contributed by atoms with E-state index in [-0.39, 0.29) is 17.3 Å². The molecular weight excluding hydrogens is 624 g/mol. The summed E-state index contributed by atoms with van der Waals surface area (Å²) in [4.78, 5) is 30.4. The van der Waals surface area contributed by atoms with Gasteiger partial charge in [-0.15, -0.1) is 0 Å². The second kappa shape index (κ2) is 12.7. The molecule has 9 heteroatoms. The molecule has 0 spiro atoms. The van der Waals surface area contributed by atoms with Crippen molar-refractivity contribution >= 4 is 74.1 Å². The normalized spacial score (nSPS) is 13.4. The first-order valence-electron chi connectivity index (χ1n) is 12.8. The van der Waals surface area contributed by atoms with Gasteiger partial charge in [-0.3, -0.25) is 19.4 Å². The molecule has 1 aliphatic heterocycles. The zero-order valence-electron chi connectivity index (χ0n) is 21.9. The van der Waals surface area contributed by atoms with Gasteiger partial charge in [0.15, 0.2) is 16.6 Å².